The summed E-state index contributed by atoms with van der Waals surface area (Å²) in [6.45, 7) is 5.70. The molecule has 96 valence electrons. The number of ether oxygens (including phenoxy) is 1. The Balaban J connectivity index is 1.84. The molecule has 17 heavy (non-hydrogen) atoms. The van der Waals surface area contributed by atoms with Crippen LogP contribution in [0.3, 0.4) is 0 Å². The Morgan fingerprint density at radius 2 is 2.47 bits per heavy atom. The Morgan fingerprint density at radius 1 is 1.53 bits per heavy atom. The van der Waals surface area contributed by atoms with Gasteiger partial charge in [-0.25, -0.2) is 9.67 Å². The van der Waals surface area contributed by atoms with Gasteiger partial charge in [0, 0.05) is 6.61 Å². The van der Waals surface area contributed by atoms with Crippen molar-refractivity contribution in [3.8, 4) is 0 Å². The van der Waals surface area contributed by atoms with E-state index in [0.717, 1.165) is 44.9 Å². The Kier molecular flexibility index (Phi) is 4.94. The maximum atomic E-state index is 5.72. The minimum Gasteiger partial charge on any atom is -0.376 e. The largest absolute Gasteiger partial charge is 0.376 e. The smallest absolute Gasteiger partial charge is 0.140 e. The average molecular weight is 238 g/mol. The van der Waals surface area contributed by atoms with Crippen molar-refractivity contribution in [3.05, 3.63) is 12.2 Å². The molecule has 2 heterocycles. The fraction of sp³-hybridized carbons (Fsp3) is 0.833. The summed E-state index contributed by atoms with van der Waals surface area (Å²) in [4.78, 5) is 4.29. The molecule has 5 heteroatoms. The molecular formula is C12H22N4O. The first-order valence-electron chi connectivity index (χ1n) is 6.59. The molecule has 1 aromatic heterocycles. The molecule has 0 aliphatic carbocycles. The number of hydrogen-bond donors (Lipinski definition) is 1. The molecule has 1 fully saturated rings. The van der Waals surface area contributed by atoms with E-state index in [1.807, 2.05) is 4.68 Å². The van der Waals surface area contributed by atoms with Gasteiger partial charge in [0.1, 0.15) is 12.2 Å². The van der Waals surface area contributed by atoms with E-state index in [1.165, 1.54) is 12.8 Å². The van der Waals surface area contributed by atoms with Crippen molar-refractivity contribution >= 4 is 0 Å². The van der Waals surface area contributed by atoms with Crippen LogP contribution < -0.4 is 5.32 Å². The first-order chi connectivity index (χ1) is 8.40. The lowest BCUT2D eigenvalue weighted by Crippen LogP contribution is -2.27. The molecule has 1 aromatic rings. The molecule has 0 aromatic carbocycles. The van der Waals surface area contributed by atoms with Gasteiger partial charge in [0.25, 0.3) is 0 Å². The lowest BCUT2D eigenvalue weighted by atomic mass is 10.1. The second-order valence-corrected chi connectivity index (χ2v) is 4.52. The number of rotatable bonds is 6. The fourth-order valence-electron chi connectivity index (χ4n) is 2.10. The molecule has 0 amide bonds. The highest BCUT2D eigenvalue weighted by molar-refractivity contribution is 4.85. The van der Waals surface area contributed by atoms with Gasteiger partial charge < -0.3 is 10.1 Å². The monoisotopic (exact) mass is 238 g/mol. The van der Waals surface area contributed by atoms with Crippen molar-refractivity contribution in [2.75, 3.05) is 13.2 Å². The summed E-state index contributed by atoms with van der Waals surface area (Å²) in [5.74, 6) is 1.01. The predicted molar refractivity (Wildman–Crippen MR) is 65.6 cm³/mol. The van der Waals surface area contributed by atoms with E-state index < -0.39 is 0 Å². The Hall–Kier alpha value is -0.940. The number of nitrogens with one attached hydrogen (secondary N) is 1. The van der Waals surface area contributed by atoms with Crippen LogP contribution in [0.2, 0.25) is 0 Å². The standard InChI is InChI=1S/C12H22N4O/c1-2-6-13-8-12-14-10-15-16(12)9-11-5-3-4-7-17-11/h10-11,13H,2-9H2,1H3. The van der Waals surface area contributed by atoms with Crippen molar-refractivity contribution in [3.63, 3.8) is 0 Å². The highest BCUT2D eigenvalue weighted by Crippen LogP contribution is 2.14. The fourth-order valence-corrected chi connectivity index (χ4v) is 2.10. The number of aromatic nitrogens is 3. The summed E-state index contributed by atoms with van der Waals surface area (Å²) < 4.78 is 7.69. The zero-order chi connectivity index (χ0) is 11.9. The lowest BCUT2D eigenvalue weighted by molar-refractivity contribution is 0.00338. The summed E-state index contributed by atoms with van der Waals surface area (Å²) in [5, 5.41) is 7.63. The van der Waals surface area contributed by atoms with E-state index in [-0.39, 0.29) is 0 Å². The molecule has 1 aliphatic rings. The molecule has 0 bridgehead atoms. The third-order valence-corrected chi connectivity index (χ3v) is 3.06. The average Bonchev–Trinajstić information content (AvgIpc) is 2.79. The molecule has 0 spiro atoms. The first kappa shape index (κ1) is 12.5. The van der Waals surface area contributed by atoms with Crippen LogP contribution in [-0.2, 0) is 17.8 Å². The third kappa shape index (κ3) is 3.78. The van der Waals surface area contributed by atoms with E-state index in [4.69, 9.17) is 4.74 Å². The summed E-state index contributed by atoms with van der Waals surface area (Å²) in [6, 6.07) is 0. The van der Waals surface area contributed by atoms with Crippen LogP contribution in [-0.4, -0.2) is 34.0 Å². The molecule has 1 saturated heterocycles. The normalized spacial score (nSPS) is 20.6. The van der Waals surface area contributed by atoms with Crippen molar-refractivity contribution in [2.45, 2.75) is 51.8 Å². The maximum absolute atomic E-state index is 5.72. The molecule has 1 atom stereocenters. The van der Waals surface area contributed by atoms with Crippen LogP contribution in [0, 0.1) is 0 Å². The topological polar surface area (TPSA) is 52.0 Å². The van der Waals surface area contributed by atoms with Gasteiger partial charge in [-0.15, -0.1) is 0 Å². The van der Waals surface area contributed by atoms with E-state index in [1.54, 1.807) is 6.33 Å². The highest BCUT2D eigenvalue weighted by atomic mass is 16.5. The van der Waals surface area contributed by atoms with Gasteiger partial charge in [-0.2, -0.15) is 5.10 Å². The molecule has 5 nitrogen and oxygen atoms in total. The molecular weight excluding hydrogens is 216 g/mol. The van der Waals surface area contributed by atoms with E-state index in [2.05, 4.69) is 22.3 Å². The second-order valence-electron chi connectivity index (χ2n) is 4.52. The molecule has 2 rings (SSSR count). The van der Waals surface area contributed by atoms with Gasteiger partial charge in [0.05, 0.1) is 19.2 Å². The van der Waals surface area contributed by atoms with Gasteiger partial charge >= 0.3 is 0 Å². The van der Waals surface area contributed by atoms with Crippen LogP contribution >= 0.6 is 0 Å². The van der Waals surface area contributed by atoms with Gasteiger partial charge in [-0.3, -0.25) is 0 Å². The molecule has 0 saturated carbocycles. The summed E-state index contributed by atoms with van der Waals surface area (Å²) in [6.07, 6.45) is 6.69. The van der Waals surface area contributed by atoms with Crippen LogP contribution in [0.4, 0.5) is 0 Å². The summed E-state index contributed by atoms with van der Waals surface area (Å²) in [7, 11) is 0. The van der Waals surface area contributed by atoms with Gasteiger partial charge in [-0.1, -0.05) is 6.92 Å². The van der Waals surface area contributed by atoms with Crippen LogP contribution in [0.25, 0.3) is 0 Å². The van der Waals surface area contributed by atoms with Gasteiger partial charge in [0.2, 0.25) is 0 Å². The molecule has 1 N–H and O–H groups in total. The van der Waals surface area contributed by atoms with Gasteiger partial charge in [0.15, 0.2) is 0 Å². The number of nitrogens with zero attached hydrogens (tertiary/aromatic N) is 3. The summed E-state index contributed by atoms with van der Waals surface area (Å²) >= 11 is 0. The van der Waals surface area contributed by atoms with E-state index in [0.29, 0.717) is 6.10 Å². The second kappa shape index (κ2) is 6.71. The maximum Gasteiger partial charge on any atom is 0.140 e. The quantitative estimate of drug-likeness (QED) is 0.760. The SMILES string of the molecule is CCCNCc1ncnn1CC1CCCCO1. The first-order valence-corrected chi connectivity index (χ1v) is 6.59. The van der Waals surface area contributed by atoms with Crippen molar-refractivity contribution in [1.29, 1.82) is 0 Å². The zero-order valence-corrected chi connectivity index (χ0v) is 10.6. The van der Waals surface area contributed by atoms with Crippen LogP contribution in [0.15, 0.2) is 6.33 Å². The van der Waals surface area contributed by atoms with Crippen molar-refractivity contribution in [1.82, 2.24) is 20.1 Å². The van der Waals surface area contributed by atoms with Crippen molar-refractivity contribution in [2.24, 2.45) is 0 Å². The Bertz CT molecular complexity index is 320. The molecule has 1 aliphatic heterocycles. The number of hydrogen-bond acceptors (Lipinski definition) is 4. The van der Waals surface area contributed by atoms with Crippen molar-refractivity contribution < 1.29 is 4.74 Å². The minimum atomic E-state index is 0.315. The molecule has 1 unspecified atom stereocenters. The van der Waals surface area contributed by atoms with E-state index in [9.17, 15) is 0 Å². The lowest BCUT2D eigenvalue weighted by Gasteiger charge is -2.22. The van der Waals surface area contributed by atoms with Crippen LogP contribution in [0.5, 0.6) is 0 Å². The minimum absolute atomic E-state index is 0.315. The third-order valence-electron chi connectivity index (χ3n) is 3.06. The highest BCUT2D eigenvalue weighted by Gasteiger charge is 2.16. The molecule has 0 radical (unpaired) electrons. The van der Waals surface area contributed by atoms with Gasteiger partial charge in [-0.05, 0) is 32.2 Å². The predicted octanol–water partition coefficient (Wildman–Crippen LogP) is 1.35. The Morgan fingerprint density at radius 3 is 3.24 bits per heavy atom. The Labute approximate surface area is 103 Å². The zero-order valence-electron chi connectivity index (χ0n) is 10.6. The van der Waals surface area contributed by atoms with E-state index >= 15 is 0 Å². The summed E-state index contributed by atoms with van der Waals surface area (Å²) in [5.41, 5.74) is 0. The van der Waals surface area contributed by atoms with Crippen LogP contribution in [0.1, 0.15) is 38.4 Å².